The molecule has 0 spiro atoms. The molecule has 108 valence electrons. The van der Waals surface area contributed by atoms with Gasteiger partial charge in [0.15, 0.2) is 0 Å². The highest BCUT2D eigenvalue weighted by Gasteiger charge is 2.41. The van der Waals surface area contributed by atoms with Crippen molar-refractivity contribution < 1.29 is 9.15 Å². The third kappa shape index (κ3) is 3.40. The molecule has 0 saturated heterocycles. The lowest BCUT2D eigenvalue weighted by Crippen LogP contribution is -2.54. The molecule has 1 aromatic heterocycles. The van der Waals surface area contributed by atoms with E-state index in [1.807, 2.05) is 13.3 Å². The smallest absolute Gasteiger partial charge is 0.0935 e. The van der Waals surface area contributed by atoms with Gasteiger partial charge in [-0.25, -0.2) is 0 Å². The van der Waals surface area contributed by atoms with E-state index in [9.17, 15) is 0 Å². The summed E-state index contributed by atoms with van der Waals surface area (Å²) in [5.74, 6) is 0.833. The largest absolute Gasteiger partial charge is 0.472 e. The van der Waals surface area contributed by atoms with Crippen molar-refractivity contribution >= 4 is 0 Å². The van der Waals surface area contributed by atoms with Gasteiger partial charge in [-0.1, -0.05) is 6.92 Å². The first-order valence-electron chi connectivity index (χ1n) is 7.52. The Morgan fingerprint density at radius 3 is 2.74 bits per heavy atom. The van der Waals surface area contributed by atoms with Crippen LogP contribution in [0.5, 0.6) is 0 Å². The van der Waals surface area contributed by atoms with Crippen LogP contribution >= 0.6 is 0 Å². The van der Waals surface area contributed by atoms with Crippen LogP contribution in [0.15, 0.2) is 23.0 Å². The standard InChI is InChI=1S/C16H27NO2/c1-4-19-16(8-5-13(2)6-9-16)15(17-3)11-14-7-10-18-12-14/h7,10,12-13,15,17H,4-6,8-9,11H2,1-3H3. The molecule has 1 fully saturated rings. The maximum atomic E-state index is 6.23. The van der Waals surface area contributed by atoms with E-state index in [1.165, 1.54) is 18.4 Å². The Kier molecular flexibility index (Phi) is 5.06. The zero-order chi connectivity index (χ0) is 13.7. The molecule has 0 bridgehead atoms. The molecule has 1 aliphatic rings. The third-order valence-electron chi connectivity index (χ3n) is 4.56. The summed E-state index contributed by atoms with van der Waals surface area (Å²) in [5, 5.41) is 3.48. The minimum atomic E-state index is -0.00667. The minimum absolute atomic E-state index is 0.00667. The van der Waals surface area contributed by atoms with Crippen LogP contribution in [0.4, 0.5) is 0 Å². The summed E-state index contributed by atoms with van der Waals surface area (Å²) in [5.41, 5.74) is 1.24. The van der Waals surface area contributed by atoms with E-state index in [1.54, 1.807) is 6.26 Å². The van der Waals surface area contributed by atoms with E-state index >= 15 is 0 Å². The number of ether oxygens (including phenoxy) is 1. The SMILES string of the molecule is CCOC1(C(Cc2ccoc2)NC)CCC(C)CC1. The summed E-state index contributed by atoms with van der Waals surface area (Å²) in [6.45, 7) is 5.24. The second kappa shape index (κ2) is 6.58. The van der Waals surface area contributed by atoms with Crippen LogP contribution < -0.4 is 5.32 Å². The van der Waals surface area contributed by atoms with Gasteiger partial charge >= 0.3 is 0 Å². The summed E-state index contributed by atoms with van der Waals surface area (Å²) in [7, 11) is 2.05. The third-order valence-corrected chi connectivity index (χ3v) is 4.56. The van der Waals surface area contributed by atoms with Crippen LogP contribution in [0.3, 0.4) is 0 Å². The number of hydrogen-bond donors (Lipinski definition) is 1. The monoisotopic (exact) mass is 265 g/mol. The zero-order valence-corrected chi connectivity index (χ0v) is 12.4. The number of furan rings is 1. The summed E-state index contributed by atoms with van der Waals surface area (Å²) >= 11 is 0. The summed E-state index contributed by atoms with van der Waals surface area (Å²) in [4.78, 5) is 0. The van der Waals surface area contributed by atoms with Crippen molar-refractivity contribution in [2.24, 2.45) is 5.92 Å². The molecule has 1 aromatic rings. The Morgan fingerprint density at radius 2 is 2.21 bits per heavy atom. The van der Waals surface area contributed by atoms with Crippen molar-refractivity contribution in [1.29, 1.82) is 0 Å². The topological polar surface area (TPSA) is 34.4 Å². The zero-order valence-electron chi connectivity index (χ0n) is 12.4. The van der Waals surface area contributed by atoms with Gasteiger partial charge in [0.05, 0.1) is 18.1 Å². The fourth-order valence-electron chi connectivity index (χ4n) is 3.33. The lowest BCUT2D eigenvalue weighted by molar-refractivity contribution is -0.0947. The predicted octanol–water partition coefficient (Wildman–Crippen LogP) is 3.40. The van der Waals surface area contributed by atoms with Gasteiger partial charge in [0.2, 0.25) is 0 Å². The Balaban J connectivity index is 2.10. The molecular formula is C16H27NO2. The molecule has 19 heavy (non-hydrogen) atoms. The van der Waals surface area contributed by atoms with Gasteiger partial charge in [-0.2, -0.15) is 0 Å². The number of nitrogens with one attached hydrogen (secondary N) is 1. The number of likely N-dealkylation sites (N-methyl/N-ethyl adjacent to an activating group) is 1. The molecule has 1 heterocycles. The van der Waals surface area contributed by atoms with E-state index in [4.69, 9.17) is 9.15 Å². The van der Waals surface area contributed by atoms with Gasteiger partial charge in [-0.05, 0) is 63.6 Å². The van der Waals surface area contributed by atoms with Crippen LogP contribution in [0, 0.1) is 5.92 Å². The van der Waals surface area contributed by atoms with Gasteiger partial charge in [0, 0.05) is 12.6 Å². The van der Waals surface area contributed by atoms with Crippen LogP contribution in [0.1, 0.15) is 45.1 Å². The molecule has 1 unspecified atom stereocenters. The molecule has 2 rings (SSSR count). The fourth-order valence-corrected chi connectivity index (χ4v) is 3.33. The van der Waals surface area contributed by atoms with E-state index in [0.717, 1.165) is 31.8 Å². The van der Waals surface area contributed by atoms with Crippen molar-refractivity contribution in [1.82, 2.24) is 5.32 Å². The summed E-state index contributed by atoms with van der Waals surface area (Å²) in [6.07, 6.45) is 9.42. The summed E-state index contributed by atoms with van der Waals surface area (Å²) < 4.78 is 11.4. The second-order valence-corrected chi connectivity index (χ2v) is 5.86. The first-order chi connectivity index (χ1) is 9.20. The lowest BCUT2D eigenvalue weighted by Gasteiger charge is -2.44. The van der Waals surface area contributed by atoms with Crippen LogP contribution in [0.25, 0.3) is 0 Å². The van der Waals surface area contributed by atoms with Crippen LogP contribution in [0.2, 0.25) is 0 Å². The molecule has 3 heteroatoms. The van der Waals surface area contributed by atoms with E-state index in [2.05, 4.69) is 25.2 Å². The van der Waals surface area contributed by atoms with Gasteiger partial charge in [-0.3, -0.25) is 0 Å². The number of hydrogen-bond acceptors (Lipinski definition) is 3. The van der Waals surface area contributed by atoms with E-state index in [-0.39, 0.29) is 5.60 Å². The molecule has 0 aromatic carbocycles. The average Bonchev–Trinajstić information content (AvgIpc) is 2.92. The maximum Gasteiger partial charge on any atom is 0.0935 e. The molecule has 0 radical (unpaired) electrons. The molecule has 1 atom stereocenters. The van der Waals surface area contributed by atoms with Gasteiger partial charge in [0.1, 0.15) is 0 Å². The van der Waals surface area contributed by atoms with Crippen molar-refractivity contribution in [2.75, 3.05) is 13.7 Å². The molecule has 0 amide bonds. The highest BCUT2D eigenvalue weighted by molar-refractivity contribution is 5.11. The number of rotatable bonds is 6. The van der Waals surface area contributed by atoms with Gasteiger partial charge in [-0.15, -0.1) is 0 Å². The minimum Gasteiger partial charge on any atom is -0.472 e. The van der Waals surface area contributed by atoms with Gasteiger partial charge < -0.3 is 14.5 Å². The maximum absolute atomic E-state index is 6.23. The molecule has 0 aliphatic heterocycles. The lowest BCUT2D eigenvalue weighted by atomic mass is 9.74. The molecule has 1 N–H and O–H groups in total. The fraction of sp³-hybridized carbons (Fsp3) is 0.750. The Labute approximate surface area is 116 Å². The Morgan fingerprint density at radius 1 is 1.47 bits per heavy atom. The predicted molar refractivity (Wildman–Crippen MR) is 77.2 cm³/mol. The van der Waals surface area contributed by atoms with Crippen LogP contribution in [-0.2, 0) is 11.2 Å². The molecular weight excluding hydrogens is 238 g/mol. The van der Waals surface area contributed by atoms with Crippen molar-refractivity contribution in [3.05, 3.63) is 24.2 Å². The highest BCUT2D eigenvalue weighted by atomic mass is 16.5. The van der Waals surface area contributed by atoms with Crippen molar-refractivity contribution in [3.63, 3.8) is 0 Å². The normalized spacial score (nSPS) is 29.3. The Bertz CT molecular complexity index is 353. The molecule has 3 nitrogen and oxygen atoms in total. The van der Waals surface area contributed by atoms with E-state index in [0.29, 0.717) is 6.04 Å². The summed E-state index contributed by atoms with van der Waals surface area (Å²) in [6, 6.07) is 2.41. The molecule has 1 saturated carbocycles. The van der Waals surface area contributed by atoms with Crippen molar-refractivity contribution in [2.45, 2.75) is 57.6 Å². The van der Waals surface area contributed by atoms with Crippen molar-refractivity contribution in [3.8, 4) is 0 Å². The van der Waals surface area contributed by atoms with Gasteiger partial charge in [0.25, 0.3) is 0 Å². The Hall–Kier alpha value is -0.800. The highest BCUT2D eigenvalue weighted by Crippen LogP contribution is 2.38. The van der Waals surface area contributed by atoms with Crippen LogP contribution in [-0.4, -0.2) is 25.3 Å². The second-order valence-electron chi connectivity index (χ2n) is 5.86. The quantitative estimate of drug-likeness (QED) is 0.856. The van der Waals surface area contributed by atoms with E-state index < -0.39 is 0 Å². The first kappa shape index (κ1) is 14.6. The molecule has 1 aliphatic carbocycles. The first-order valence-corrected chi connectivity index (χ1v) is 7.52. The average molecular weight is 265 g/mol.